The van der Waals surface area contributed by atoms with Crippen LogP contribution in [-0.4, -0.2) is 79.4 Å². The van der Waals surface area contributed by atoms with Crippen LogP contribution in [0.25, 0.3) is 0 Å². The van der Waals surface area contributed by atoms with Gasteiger partial charge in [0.2, 0.25) is 5.95 Å². The zero-order chi connectivity index (χ0) is 22.2. The Balaban J connectivity index is 1.44. The molecular formula is C23H30N6O3. The van der Waals surface area contributed by atoms with E-state index in [1.54, 1.807) is 6.21 Å². The standard InChI is InChI=1S/C23H30N6O3/c1-18-3-2-4-19(13-18)15-24-27-23-25-20(14-22(26-23)29-8-11-31-12-9-29)17-32-21-5-6-28(16-21)7-10-30/h2-4,10,13-15,21H,5-9,11-12,16-17H2,1H3,(H,25,26,27). The molecule has 1 aromatic heterocycles. The first-order valence-electron chi connectivity index (χ1n) is 11.0. The van der Waals surface area contributed by atoms with Gasteiger partial charge in [-0.15, -0.1) is 0 Å². The minimum atomic E-state index is 0.104. The SMILES string of the molecule is Cc1cccc(C=NNc2nc(COC3CCN(CC=O)C3)cc(N3CCOCC3)n2)c1. The zero-order valence-corrected chi connectivity index (χ0v) is 18.4. The zero-order valence-electron chi connectivity index (χ0n) is 18.4. The Kier molecular flexibility index (Phi) is 7.76. The van der Waals surface area contributed by atoms with Crippen LogP contribution in [-0.2, 0) is 20.9 Å². The molecule has 9 nitrogen and oxygen atoms in total. The minimum Gasteiger partial charge on any atom is -0.378 e. The first-order valence-corrected chi connectivity index (χ1v) is 11.0. The van der Waals surface area contributed by atoms with E-state index >= 15 is 0 Å². The van der Waals surface area contributed by atoms with Crippen molar-refractivity contribution >= 4 is 24.3 Å². The van der Waals surface area contributed by atoms with Crippen LogP contribution in [0.4, 0.5) is 11.8 Å². The number of hydrogen-bond acceptors (Lipinski definition) is 9. The van der Waals surface area contributed by atoms with E-state index in [2.05, 4.69) is 49.4 Å². The first kappa shape index (κ1) is 22.3. The average Bonchev–Trinajstić information content (AvgIpc) is 3.26. The van der Waals surface area contributed by atoms with E-state index in [1.165, 1.54) is 5.56 Å². The molecule has 0 radical (unpaired) electrons. The summed E-state index contributed by atoms with van der Waals surface area (Å²) in [4.78, 5) is 24.3. The summed E-state index contributed by atoms with van der Waals surface area (Å²) in [6.45, 7) is 7.47. The summed E-state index contributed by atoms with van der Waals surface area (Å²) in [6.07, 6.45) is 3.72. The number of nitrogens with zero attached hydrogens (tertiary/aromatic N) is 5. The summed E-state index contributed by atoms with van der Waals surface area (Å²) in [7, 11) is 0. The molecule has 3 heterocycles. The predicted molar refractivity (Wildman–Crippen MR) is 123 cm³/mol. The predicted octanol–water partition coefficient (Wildman–Crippen LogP) is 1.86. The first-order chi connectivity index (χ1) is 15.7. The lowest BCUT2D eigenvalue weighted by molar-refractivity contribution is -0.108. The van der Waals surface area contributed by atoms with Crippen LogP contribution >= 0.6 is 0 Å². The highest BCUT2D eigenvalue weighted by atomic mass is 16.5. The second kappa shape index (κ2) is 11.1. The van der Waals surface area contributed by atoms with Crippen LogP contribution in [0.2, 0.25) is 0 Å². The number of carbonyl (C=O) groups excluding carboxylic acids is 1. The van der Waals surface area contributed by atoms with Crippen molar-refractivity contribution in [3.63, 3.8) is 0 Å². The maximum Gasteiger partial charge on any atom is 0.245 e. The molecule has 0 spiro atoms. The van der Waals surface area contributed by atoms with Gasteiger partial charge in [-0.1, -0.05) is 29.8 Å². The van der Waals surface area contributed by atoms with Crippen molar-refractivity contribution in [2.75, 3.05) is 56.3 Å². The Bertz CT molecular complexity index is 932. The van der Waals surface area contributed by atoms with E-state index in [0.717, 1.165) is 56.0 Å². The van der Waals surface area contributed by atoms with Crippen molar-refractivity contribution in [1.82, 2.24) is 14.9 Å². The van der Waals surface area contributed by atoms with Gasteiger partial charge in [0, 0.05) is 32.2 Å². The number of ether oxygens (including phenoxy) is 2. The number of benzene rings is 1. The Morgan fingerprint density at radius 1 is 1.25 bits per heavy atom. The third-order valence-electron chi connectivity index (χ3n) is 5.55. The fraction of sp³-hybridized carbons (Fsp3) is 0.478. The molecule has 0 saturated carbocycles. The molecule has 2 aliphatic heterocycles. The largest absolute Gasteiger partial charge is 0.378 e. The number of anilines is 2. The van der Waals surface area contributed by atoms with Crippen LogP contribution in [0.5, 0.6) is 0 Å². The molecule has 1 unspecified atom stereocenters. The summed E-state index contributed by atoms with van der Waals surface area (Å²) in [5, 5.41) is 4.32. The van der Waals surface area contributed by atoms with Gasteiger partial charge in [0.1, 0.15) is 12.1 Å². The maximum atomic E-state index is 10.7. The molecule has 2 fully saturated rings. The number of aromatic nitrogens is 2. The van der Waals surface area contributed by atoms with Crippen LogP contribution in [0, 0.1) is 6.92 Å². The fourth-order valence-corrected chi connectivity index (χ4v) is 3.88. The van der Waals surface area contributed by atoms with Crippen LogP contribution in [0.3, 0.4) is 0 Å². The molecule has 0 amide bonds. The number of likely N-dealkylation sites (tertiary alicyclic amines) is 1. The number of rotatable bonds is 9. The highest BCUT2D eigenvalue weighted by Gasteiger charge is 2.23. The van der Waals surface area contributed by atoms with Crippen LogP contribution < -0.4 is 10.3 Å². The van der Waals surface area contributed by atoms with Gasteiger partial charge < -0.3 is 19.2 Å². The van der Waals surface area contributed by atoms with Gasteiger partial charge in [-0.3, -0.25) is 4.90 Å². The van der Waals surface area contributed by atoms with Crippen molar-refractivity contribution < 1.29 is 14.3 Å². The lowest BCUT2D eigenvalue weighted by Crippen LogP contribution is -2.37. The molecule has 9 heteroatoms. The number of hydrazone groups is 1. The molecule has 170 valence electrons. The summed E-state index contributed by atoms with van der Waals surface area (Å²) in [5.74, 6) is 1.27. The molecule has 32 heavy (non-hydrogen) atoms. The maximum absolute atomic E-state index is 10.7. The number of aldehydes is 1. The van der Waals surface area contributed by atoms with Crippen LogP contribution in [0.1, 0.15) is 23.2 Å². The quantitative estimate of drug-likeness (QED) is 0.360. The Hall–Kier alpha value is -2.88. The number of carbonyl (C=O) groups is 1. The van der Waals surface area contributed by atoms with Gasteiger partial charge in [-0.2, -0.15) is 10.1 Å². The Morgan fingerprint density at radius 2 is 2.12 bits per heavy atom. The van der Waals surface area contributed by atoms with Crippen molar-refractivity contribution in [2.45, 2.75) is 26.1 Å². The molecule has 1 N–H and O–H groups in total. The minimum absolute atomic E-state index is 0.104. The van der Waals surface area contributed by atoms with Gasteiger partial charge in [0.05, 0.1) is 44.4 Å². The molecule has 2 aliphatic rings. The van der Waals surface area contributed by atoms with Gasteiger partial charge in [0.25, 0.3) is 0 Å². The topological polar surface area (TPSA) is 92.2 Å². The number of morpholine rings is 1. The van der Waals surface area contributed by atoms with Crippen molar-refractivity contribution in [3.8, 4) is 0 Å². The summed E-state index contributed by atoms with van der Waals surface area (Å²) < 4.78 is 11.6. The lowest BCUT2D eigenvalue weighted by atomic mass is 10.2. The normalized spacial score (nSPS) is 19.5. The van der Waals surface area contributed by atoms with Gasteiger partial charge in [-0.05, 0) is 18.9 Å². The van der Waals surface area contributed by atoms with Crippen molar-refractivity contribution in [1.29, 1.82) is 0 Å². The van der Waals surface area contributed by atoms with Gasteiger partial charge >= 0.3 is 0 Å². The van der Waals surface area contributed by atoms with E-state index < -0.39 is 0 Å². The highest BCUT2D eigenvalue weighted by Crippen LogP contribution is 2.19. The summed E-state index contributed by atoms with van der Waals surface area (Å²) in [5.41, 5.74) is 5.95. The third kappa shape index (κ3) is 6.32. The molecule has 4 rings (SSSR count). The number of hydrogen-bond donors (Lipinski definition) is 1. The van der Waals surface area contributed by atoms with Gasteiger partial charge in [-0.25, -0.2) is 10.4 Å². The summed E-state index contributed by atoms with van der Waals surface area (Å²) >= 11 is 0. The molecule has 1 aromatic carbocycles. The van der Waals surface area contributed by atoms with E-state index in [-0.39, 0.29) is 6.10 Å². The van der Waals surface area contributed by atoms with E-state index in [9.17, 15) is 4.79 Å². The highest BCUT2D eigenvalue weighted by molar-refractivity contribution is 5.80. The van der Waals surface area contributed by atoms with E-state index in [0.29, 0.717) is 32.3 Å². The smallest absolute Gasteiger partial charge is 0.245 e. The molecule has 1 atom stereocenters. The average molecular weight is 439 g/mol. The number of nitrogens with one attached hydrogen (secondary N) is 1. The van der Waals surface area contributed by atoms with Crippen LogP contribution in [0.15, 0.2) is 35.4 Å². The molecule has 0 aliphatic carbocycles. The fourth-order valence-electron chi connectivity index (χ4n) is 3.88. The van der Waals surface area contributed by atoms with Gasteiger partial charge in [0.15, 0.2) is 0 Å². The monoisotopic (exact) mass is 438 g/mol. The summed E-state index contributed by atoms with van der Waals surface area (Å²) in [6, 6.07) is 10.1. The Labute approximate surface area is 188 Å². The van der Waals surface area contributed by atoms with E-state index in [1.807, 2.05) is 18.2 Å². The van der Waals surface area contributed by atoms with Crippen molar-refractivity contribution in [3.05, 3.63) is 47.2 Å². The second-order valence-electron chi connectivity index (χ2n) is 8.07. The van der Waals surface area contributed by atoms with Crippen molar-refractivity contribution in [2.24, 2.45) is 5.10 Å². The second-order valence-corrected chi connectivity index (χ2v) is 8.07. The third-order valence-corrected chi connectivity index (χ3v) is 5.55. The Morgan fingerprint density at radius 3 is 2.94 bits per heavy atom. The lowest BCUT2D eigenvalue weighted by Gasteiger charge is -2.28. The molecular weight excluding hydrogens is 408 g/mol. The van der Waals surface area contributed by atoms with E-state index in [4.69, 9.17) is 9.47 Å². The molecule has 2 aromatic rings. The molecule has 2 saturated heterocycles. The number of aryl methyl sites for hydroxylation is 1. The molecule has 0 bridgehead atoms.